The van der Waals surface area contributed by atoms with Crippen molar-refractivity contribution in [3.63, 3.8) is 0 Å². The maximum atomic E-state index is 11.1. The van der Waals surface area contributed by atoms with Crippen LogP contribution < -0.4 is 0 Å². The zero-order valence-electron chi connectivity index (χ0n) is 8.60. The number of thiophene rings is 1. The average molecular weight is 251 g/mol. The molecule has 2 rings (SSSR count). The van der Waals surface area contributed by atoms with Crippen molar-refractivity contribution >= 4 is 29.2 Å². The molecular formula is C13H11ClOS. The van der Waals surface area contributed by atoms with Crippen LogP contribution in [-0.4, -0.2) is 6.29 Å². The third kappa shape index (κ3) is 2.71. The van der Waals surface area contributed by atoms with Gasteiger partial charge in [0.05, 0.1) is 0 Å². The fourth-order valence-electron chi connectivity index (χ4n) is 1.63. The van der Waals surface area contributed by atoms with E-state index in [1.54, 1.807) is 11.3 Å². The van der Waals surface area contributed by atoms with Crippen LogP contribution in [0.15, 0.2) is 41.8 Å². The molecule has 1 unspecified atom stereocenters. The van der Waals surface area contributed by atoms with Gasteiger partial charge in [0, 0.05) is 15.8 Å². The highest BCUT2D eigenvalue weighted by Crippen LogP contribution is 2.23. The summed E-state index contributed by atoms with van der Waals surface area (Å²) in [6.07, 6.45) is 1.74. The van der Waals surface area contributed by atoms with Gasteiger partial charge in [0.2, 0.25) is 0 Å². The Kier molecular flexibility index (Phi) is 3.75. The van der Waals surface area contributed by atoms with Gasteiger partial charge in [0.25, 0.3) is 0 Å². The third-order valence-corrected chi connectivity index (χ3v) is 3.58. The van der Waals surface area contributed by atoms with Gasteiger partial charge in [-0.25, -0.2) is 0 Å². The minimum atomic E-state index is -0.0997. The van der Waals surface area contributed by atoms with E-state index in [1.807, 2.05) is 41.8 Å². The van der Waals surface area contributed by atoms with Crippen LogP contribution in [0.3, 0.4) is 0 Å². The van der Waals surface area contributed by atoms with E-state index in [1.165, 1.54) is 4.88 Å². The molecule has 0 saturated carbocycles. The molecule has 0 saturated heterocycles. The Labute approximate surface area is 104 Å². The summed E-state index contributed by atoms with van der Waals surface area (Å²) in [6.45, 7) is 0. The second-order valence-electron chi connectivity index (χ2n) is 3.58. The van der Waals surface area contributed by atoms with Crippen molar-refractivity contribution in [2.75, 3.05) is 0 Å². The van der Waals surface area contributed by atoms with E-state index >= 15 is 0 Å². The van der Waals surface area contributed by atoms with Gasteiger partial charge >= 0.3 is 0 Å². The number of rotatable bonds is 4. The molecule has 3 heteroatoms. The molecule has 0 spiro atoms. The van der Waals surface area contributed by atoms with Crippen LogP contribution in [0, 0.1) is 0 Å². The van der Waals surface area contributed by atoms with Crippen molar-refractivity contribution < 1.29 is 4.79 Å². The molecular weight excluding hydrogens is 240 g/mol. The number of carbonyl (C=O) groups is 1. The fraction of sp³-hybridized carbons (Fsp3) is 0.154. The lowest BCUT2D eigenvalue weighted by Crippen LogP contribution is -2.03. The van der Waals surface area contributed by atoms with Crippen LogP contribution in [-0.2, 0) is 11.2 Å². The highest BCUT2D eigenvalue weighted by atomic mass is 35.5. The van der Waals surface area contributed by atoms with E-state index in [4.69, 9.17) is 11.6 Å². The lowest BCUT2D eigenvalue weighted by Gasteiger charge is -2.09. The smallest absolute Gasteiger partial charge is 0.127 e. The minimum absolute atomic E-state index is 0.0997. The van der Waals surface area contributed by atoms with Crippen LogP contribution in [0.5, 0.6) is 0 Å². The van der Waals surface area contributed by atoms with E-state index in [-0.39, 0.29) is 5.92 Å². The Bertz CT molecular complexity index is 465. The second-order valence-corrected chi connectivity index (χ2v) is 5.05. The lowest BCUT2D eigenvalue weighted by atomic mass is 9.97. The van der Waals surface area contributed by atoms with Gasteiger partial charge in [0.1, 0.15) is 6.29 Å². The van der Waals surface area contributed by atoms with Crippen LogP contribution >= 0.6 is 22.9 Å². The second kappa shape index (κ2) is 5.28. The number of hydrogen-bond donors (Lipinski definition) is 0. The molecule has 1 nitrogen and oxygen atoms in total. The largest absolute Gasteiger partial charge is 0.303 e. The van der Waals surface area contributed by atoms with Gasteiger partial charge in [-0.05, 0) is 35.6 Å². The van der Waals surface area contributed by atoms with Crippen LogP contribution in [0.4, 0.5) is 0 Å². The molecule has 0 fully saturated rings. The van der Waals surface area contributed by atoms with Crippen LogP contribution in [0.2, 0.25) is 5.02 Å². The Morgan fingerprint density at radius 1 is 1.31 bits per heavy atom. The molecule has 1 heterocycles. The molecule has 1 aromatic heterocycles. The fourth-order valence-corrected chi connectivity index (χ4v) is 2.59. The zero-order chi connectivity index (χ0) is 11.4. The monoisotopic (exact) mass is 250 g/mol. The summed E-state index contributed by atoms with van der Waals surface area (Å²) in [5, 5.41) is 2.70. The molecule has 16 heavy (non-hydrogen) atoms. The Hall–Kier alpha value is -1.12. The first-order valence-corrected chi connectivity index (χ1v) is 6.28. The van der Waals surface area contributed by atoms with E-state index < -0.39 is 0 Å². The molecule has 0 aliphatic carbocycles. The zero-order valence-corrected chi connectivity index (χ0v) is 10.2. The predicted molar refractivity (Wildman–Crippen MR) is 68.3 cm³/mol. The Balaban J connectivity index is 2.19. The summed E-state index contributed by atoms with van der Waals surface area (Å²) >= 11 is 7.59. The first-order chi connectivity index (χ1) is 7.79. The van der Waals surface area contributed by atoms with Crippen molar-refractivity contribution in [1.29, 1.82) is 0 Å². The Morgan fingerprint density at radius 2 is 2.19 bits per heavy atom. The van der Waals surface area contributed by atoms with Gasteiger partial charge in [-0.1, -0.05) is 29.8 Å². The number of carbonyl (C=O) groups excluding carboxylic acids is 1. The molecule has 82 valence electrons. The number of halogens is 1. The van der Waals surface area contributed by atoms with Crippen molar-refractivity contribution in [2.45, 2.75) is 12.3 Å². The summed E-state index contributed by atoms with van der Waals surface area (Å²) in [5.74, 6) is -0.0997. The molecule has 1 aromatic carbocycles. The van der Waals surface area contributed by atoms with Crippen molar-refractivity contribution in [2.24, 2.45) is 0 Å². The molecule has 0 bridgehead atoms. The Morgan fingerprint density at radius 3 is 2.81 bits per heavy atom. The molecule has 2 aromatic rings. The van der Waals surface area contributed by atoms with Crippen molar-refractivity contribution in [1.82, 2.24) is 0 Å². The molecule has 0 aliphatic heterocycles. The van der Waals surface area contributed by atoms with Crippen LogP contribution in [0.1, 0.15) is 16.4 Å². The summed E-state index contributed by atoms with van der Waals surface area (Å²) in [5.41, 5.74) is 0.982. The van der Waals surface area contributed by atoms with Gasteiger partial charge in [0.15, 0.2) is 0 Å². The number of aldehydes is 1. The minimum Gasteiger partial charge on any atom is -0.303 e. The summed E-state index contributed by atoms with van der Waals surface area (Å²) in [6, 6.07) is 11.5. The first kappa shape index (κ1) is 11.4. The molecule has 0 amide bonds. The molecule has 0 N–H and O–H groups in total. The highest BCUT2D eigenvalue weighted by molar-refractivity contribution is 7.09. The topological polar surface area (TPSA) is 17.1 Å². The lowest BCUT2D eigenvalue weighted by molar-refractivity contribution is -0.109. The predicted octanol–water partition coefficient (Wildman–Crippen LogP) is 3.93. The van der Waals surface area contributed by atoms with Gasteiger partial charge < -0.3 is 4.79 Å². The maximum Gasteiger partial charge on any atom is 0.127 e. The van der Waals surface area contributed by atoms with E-state index in [2.05, 4.69) is 0 Å². The normalized spacial score (nSPS) is 12.3. The average Bonchev–Trinajstić information content (AvgIpc) is 2.78. The standard InChI is InChI=1S/C13H11ClOS/c14-12-4-1-3-10(7-12)11(9-15)8-13-5-2-6-16-13/h1-7,9,11H,8H2. The summed E-state index contributed by atoms with van der Waals surface area (Å²) in [7, 11) is 0. The van der Waals surface area contributed by atoms with Crippen molar-refractivity contribution in [3.05, 3.63) is 57.2 Å². The van der Waals surface area contributed by atoms with E-state index in [0.717, 1.165) is 18.3 Å². The van der Waals surface area contributed by atoms with E-state index in [9.17, 15) is 4.79 Å². The van der Waals surface area contributed by atoms with Gasteiger partial charge in [-0.3, -0.25) is 0 Å². The highest BCUT2D eigenvalue weighted by Gasteiger charge is 2.12. The quantitative estimate of drug-likeness (QED) is 0.752. The number of benzene rings is 1. The summed E-state index contributed by atoms with van der Waals surface area (Å²) < 4.78 is 0. The van der Waals surface area contributed by atoms with Crippen LogP contribution in [0.25, 0.3) is 0 Å². The molecule has 1 atom stereocenters. The number of hydrogen-bond acceptors (Lipinski definition) is 2. The first-order valence-electron chi connectivity index (χ1n) is 5.03. The SMILES string of the molecule is O=CC(Cc1cccs1)c1cccc(Cl)c1. The van der Waals surface area contributed by atoms with Gasteiger partial charge in [-0.2, -0.15) is 0 Å². The van der Waals surface area contributed by atoms with Gasteiger partial charge in [-0.15, -0.1) is 11.3 Å². The maximum absolute atomic E-state index is 11.1. The molecule has 0 radical (unpaired) electrons. The van der Waals surface area contributed by atoms with E-state index in [0.29, 0.717) is 5.02 Å². The third-order valence-electron chi connectivity index (χ3n) is 2.44. The van der Waals surface area contributed by atoms with Crippen molar-refractivity contribution in [3.8, 4) is 0 Å². The molecule has 0 aliphatic rings. The summed E-state index contributed by atoms with van der Waals surface area (Å²) in [4.78, 5) is 12.3.